The van der Waals surface area contributed by atoms with Gasteiger partial charge in [-0.1, -0.05) is 66.4 Å². The largest absolute Gasteiger partial charge is 0.197 e. The molecule has 0 fully saturated rings. The molecule has 1 aliphatic rings. The molecule has 0 saturated heterocycles. The summed E-state index contributed by atoms with van der Waals surface area (Å²) in [5.74, 6) is 0. The molecule has 31 heavy (non-hydrogen) atoms. The first-order valence-corrected chi connectivity index (χ1v) is 9.43. The van der Waals surface area contributed by atoms with Crippen LogP contribution in [0.15, 0.2) is 91.0 Å². The summed E-state index contributed by atoms with van der Waals surface area (Å²) in [6, 6.07) is 29.0. The predicted octanol–water partition coefficient (Wildman–Crippen LogP) is 8.71. The van der Waals surface area contributed by atoms with E-state index in [0.717, 1.165) is 6.42 Å². The molecule has 0 spiro atoms. The number of hydrogen-bond donors (Lipinski definition) is 0. The maximum atomic E-state index is 3.48. The smallest absolute Gasteiger partial charge is 0 e. The summed E-state index contributed by atoms with van der Waals surface area (Å²) < 4.78 is 0. The van der Waals surface area contributed by atoms with Crippen molar-refractivity contribution in [2.24, 2.45) is 0 Å². The summed E-state index contributed by atoms with van der Waals surface area (Å²) in [5.41, 5.74) is 2.49. The van der Waals surface area contributed by atoms with Crippen molar-refractivity contribution < 1.29 is 21.7 Å². The Hall–Kier alpha value is -1.80. The van der Waals surface area contributed by atoms with Crippen molar-refractivity contribution in [2.45, 2.75) is 6.42 Å². The molecule has 0 aliphatic heterocycles. The minimum Gasteiger partial charge on any atom is -0.197 e. The summed E-state index contributed by atoms with van der Waals surface area (Å²) in [5, 5.41) is 10.4. The number of allylic oxidation sites excluding steroid dienone is 4. The molecule has 5 aromatic carbocycles. The van der Waals surface area contributed by atoms with Crippen molar-refractivity contribution in [3.8, 4) is 0 Å². The van der Waals surface area contributed by atoms with Crippen molar-refractivity contribution in [3.63, 3.8) is 0 Å². The molecule has 0 aromatic heterocycles. The Bertz CT molecular complexity index is 1450. The fraction of sp³-hybridized carbons (Fsp3) is 0.0370. The monoisotopic (exact) mass is 497 g/mol. The molecule has 0 N–H and O–H groups in total. The van der Waals surface area contributed by atoms with Gasteiger partial charge in [-0.3, -0.25) is 0 Å². The van der Waals surface area contributed by atoms with Crippen LogP contribution in [-0.4, -0.2) is 0 Å². The van der Waals surface area contributed by atoms with E-state index in [1.165, 1.54) is 54.2 Å². The minimum absolute atomic E-state index is 0. The molecule has 0 radical (unpaired) electrons. The van der Waals surface area contributed by atoms with Crippen molar-refractivity contribution in [2.75, 3.05) is 0 Å². The molecule has 5 aromatic rings. The van der Waals surface area contributed by atoms with Crippen LogP contribution in [0.1, 0.15) is 12.0 Å². The zero-order valence-electron chi connectivity index (χ0n) is 16.6. The Morgan fingerprint density at radius 1 is 0.548 bits per heavy atom. The van der Waals surface area contributed by atoms with Crippen molar-refractivity contribution in [3.05, 3.63) is 103 Å². The van der Waals surface area contributed by atoms with E-state index in [1.54, 1.807) is 0 Å². The van der Waals surface area contributed by atoms with Gasteiger partial charge in [0.1, 0.15) is 0 Å². The average Bonchev–Trinajstić information content (AvgIpc) is 3.25. The Kier molecular flexibility index (Phi) is 8.39. The SMILES string of the molecule is Cl.Cl.Cl.[C-]1=C(c2cccc3cc4ccc5cc6ccccc6cc5c4cc23)C=CC1.[Ti]. The number of rotatable bonds is 1. The Labute approximate surface area is 215 Å². The summed E-state index contributed by atoms with van der Waals surface area (Å²) in [7, 11) is 0. The van der Waals surface area contributed by atoms with E-state index in [9.17, 15) is 0 Å². The number of halogens is 3. The van der Waals surface area contributed by atoms with Crippen molar-refractivity contribution in [1.82, 2.24) is 0 Å². The van der Waals surface area contributed by atoms with Gasteiger partial charge in [-0.15, -0.1) is 54.9 Å². The third kappa shape index (κ3) is 4.29. The minimum atomic E-state index is 0. The van der Waals surface area contributed by atoms with Gasteiger partial charge < -0.3 is 0 Å². The van der Waals surface area contributed by atoms with Gasteiger partial charge in [0.05, 0.1) is 0 Å². The summed E-state index contributed by atoms with van der Waals surface area (Å²) in [6.07, 6.45) is 8.76. The Morgan fingerprint density at radius 2 is 1.13 bits per heavy atom. The Morgan fingerprint density at radius 3 is 1.81 bits per heavy atom. The standard InChI is InChI=1S/C27H17.3ClH.Ti/c1-2-7-18(6-1)24-11-5-10-21-15-23-13-12-22-14-19-8-3-4-9-20(19)16-25(22)27(23)17-26(21)24;;;;/h1,3-6,8-17H,2H2;3*1H;/q-1;;;;. The van der Waals surface area contributed by atoms with Gasteiger partial charge in [0.2, 0.25) is 0 Å². The first-order valence-electron chi connectivity index (χ1n) is 9.43. The van der Waals surface area contributed by atoms with Gasteiger partial charge in [0.25, 0.3) is 0 Å². The maximum absolute atomic E-state index is 3.48. The zero-order chi connectivity index (χ0) is 17.8. The third-order valence-electron chi connectivity index (χ3n) is 5.69. The second-order valence-corrected chi connectivity index (χ2v) is 7.28. The molecule has 0 heterocycles. The normalized spacial score (nSPS) is 12.1. The molecule has 0 saturated carbocycles. The van der Waals surface area contributed by atoms with Gasteiger partial charge in [0, 0.05) is 21.7 Å². The third-order valence-corrected chi connectivity index (χ3v) is 5.69. The van der Waals surface area contributed by atoms with Crippen LogP contribution in [0.5, 0.6) is 0 Å². The van der Waals surface area contributed by atoms with Crippen molar-refractivity contribution in [1.29, 1.82) is 0 Å². The van der Waals surface area contributed by atoms with E-state index in [1.807, 2.05) is 0 Å². The zero-order valence-corrected chi connectivity index (χ0v) is 20.6. The fourth-order valence-electron chi connectivity index (χ4n) is 4.35. The summed E-state index contributed by atoms with van der Waals surface area (Å²) >= 11 is 0. The van der Waals surface area contributed by atoms with E-state index in [4.69, 9.17) is 0 Å². The molecule has 0 bridgehead atoms. The van der Waals surface area contributed by atoms with Crippen LogP contribution in [0, 0.1) is 6.08 Å². The van der Waals surface area contributed by atoms with E-state index in [2.05, 4.69) is 97.1 Å². The summed E-state index contributed by atoms with van der Waals surface area (Å²) in [6.45, 7) is 0. The van der Waals surface area contributed by atoms with Crippen LogP contribution in [0.25, 0.3) is 48.7 Å². The van der Waals surface area contributed by atoms with Crippen LogP contribution in [0.3, 0.4) is 0 Å². The predicted molar refractivity (Wildman–Crippen MR) is 139 cm³/mol. The van der Waals surface area contributed by atoms with E-state index >= 15 is 0 Å². The van der Waals surface area contributed by atoms with Crippen LogP contribution in [0.2, 0.25) is 0 Å². The molecular weight excluding hydrogens is 479 g/mol. The van der Waals surface area contributed by atoms with E-state index in [-0.39, 0.29) is 58.9 Å². The van der Waals surface area contributed by atoms with Crippen LogP contribution < -0.4 is 0 Å². The van der Waals surface area contributed by atoms with Gasteiger partial charge >= 0.3 is 0 Å². The second-order valence-electron chi connectivity index (χ2n) is 7.28. The molecule has 4 heteroatoms. The average molecular weight is 499 g/mol. The molecular formula is C27H20Cl3Ti-. The quantitative estimate of drug-likeness (QED) is 0.0938. The molecule has 0 amide bonds. The number of fused-ring (bicyclic) bond motifs is 5. The first kappa shape index (κ1) is 25.5. The molecule has 0 atom stereocenters. The summed E-state index contributed by atoms with van der Waals surface area (Å²) in [4.78, 5) is 0. The van der Waals surface area contributed by atoms with E-state index < -0.39 is 0 Å². The first-order chi connectivity index (χ1) is 13.4. The van der Waals surface area contributed by atoms with Gasteiger partial charge in [-0.2, -0.15) is 17.7 Å². The van der Waals surface area contributed by atoms with Crippen molar-refractivity contribution >= 4 is 85.9 Å². The van der Waals surface area contributed by atoms with Crippen LogP contribution in [-0.2, 0) is 21.7 Å². The number of benzene rings is 5. The molecule has 6 rings (SSSR count). The van der Waals surface area contributed by atoms with Gasteiger partial charge in [-0.25, -0.2) is 0 Å². The second kappa shape index (κ2) is 10.2. The maximum Gasteiger partial charge on any atom is 0 e. The number of hydrogen-bond acceptors (Lipinski definition) is 0. The van der Waals surface area contributed by atoms with E-state index in [0.29, 0.717) is 0 Å². The fourth-order valence-corrected chi connectivity index (χ4v) is 4.35. The molecule has 154 valence electrons. The molecule has 0 nitrogen and oxygen atoms in total. The molecule has 0 unspecified atom stereocenters. The van der Waals surface area contributed by atoms with Crippen LogP contribution >= 0.6 is 37.2 Å². The van der Waals surface area contributed by atoms with Crippen LogP contribution in [0.4, 0.5) is 0 Å². The topological polar surface area (TPSA) is 0 Å². The van der Waals surface area contributed by atoms with Gasteiger partial charge in [0.15, 0.2) is 0 Å². The van der Waals surface area contributed by atoms with Gasteiger partial charge in [-0.05, 0) is 55.9 Å². The molecule has 1 aliphatic carbocycles. The Balaban J connectivity index is 0.000000853.